The molecule has 0 bridgehead atoms. The van der Waals surface area contributed by atoms with Crippen LogP contribution in [0.1, 0.15) is 5.56 Å². The van der Waals surface area contributed by atoms with E-state index in [1.165, 1.54) is 0 Å². The van der Waals surface area contributed by atoms with E-state index < -0.39 is 5.56 Å². The highest BCUT2D eigenvalue weighted by molar-refractivity contribution is 9.10. The number of aromatic amines is 1. The zero-order valence-electron chi connectivity index (χ0n) is 5.61. The van der Waals surface area contributed by atoms with E-state index in [0.29, 0.717) is 5.56 Å². The third-order valence-electron chi connectivity index (χ3n) is 1.31. The zero-order valence-corrected chi connectivity index (χ0v) is 7.95. The summed E-state index contributed by atoms with van der Waals surface area (Å²) in [6.45, 7) is 1.61. The highest BCUT2D eigenvalue weighted by Gasteiger charge is 2.09. The van der Waals surface area contributed by atoms with Crippen LogP contribution in [0.4, 0.5) is 0 Å². The summed E-state index contributed by atoms with van der Waals surface area (Å²) in [4.78, 5) is 13.2. The second-order valence-electron chi connectivity index (χ2n) is 2.06. The lowest BCUT2D eigenvalue weighted by Crippen LogP contribution is -2.07. The molecule has 0 aliphatic heterocycles. The predicted molar refractivity (Wildman–Crippen MR) is 46.2 cm³/mol. The van der Waals surface area contributed by atoms with Crippen molar-refractivity contribution < 1.29 is 5.11 Å². The minimum atomic E-state index is -0.432. The number of halogens is 2. The maximum Gasteiger partial charge on any atom is 0.267 e. The highest BCUT2D eigenvalue weighted by Crippen LogP contribution is 2.26. The van der Waals surface area contributed by atoms with Crippen LogP contribution in [0.15, 0.2) is 9.27 Å². The van der Waals surface area contributed by atoms with Gasteiger partial charge in [-0.15, -0.1) is 0 Å². The highest BCUT2D eigenvalue weighted by atomic mass is 79.9. The maximum atomic E-state index is 10.9. The van der Waals surface area contributed by atoms with Crippen molar-refractivity contribution in [1.82, 2.24) is 4.98 Å². The van der Waals surface area contributed by atoms with Crippen LogP contribution in [0.2, 0.25) is 5.15 Å². The number of aromatic nitrogens is 1. The van der Waals surface area contributed by atoms with Gasteiger partial charge in [0, 0.05) is 5.56 Å². The van der Waals surface area contributed by atoms with E-state index in [0.717, 1.165) is 0 Å². The summed E-state index contributed by atoms with van der Waals surface area (Å²) < 4.78 is 0.111. The maximum absolute atomic E-state index is 10.9. The molecule has 0 amide bonds. The van der Waals surface area contributed by atoms with Gasteiger partial charge in [0.25, 0.3) is 5.56 Å². The van der Waals surface area contributed by atoms with Gasteiger partial charge < -0.3 is 10.1 Å². The minimum absolute atomic E-state index is 0.111. The summed E-state index contributed by atoms with van der Waals surface area (Å²) in [6.07, 6.45) is 0. The summed E-state index contributed by atoms with van der Waals surface area (Å²) in [5, 5.41) is 9.38. The number of aromatic hydroxyl groups is 1. The van der Waals surface area contributed by atoms with Gasteiger partial charge in [0.1, 0.15) is 15.4 Å². The van der Waals surface area contributed by atoms with Crippen molar-refractivity contribution in [1.29, 1.82) is 0 Å². The van der Waals surface area contributed by atoms with Crippen LogP contribution in [-0.4, -0.2) is 10.1 Å². The molecule has 11 heavy (non-hydrogen) atoms. The monoisotopic (exact) mass is 237 g/mol. The van der Waals surface area contributed by atoms with Crippen molar-refractivity contribution in [3.8, 4) is 5.75 Å². The fraction of sp³-hybridized carbons (Fsp3) is 0.167. The average molecular weight is 238 g/mol. The summed E-state index contributed by atoms with van der Waals surface area (Å²) in [5.74, 6) is -0.112. The van der Waals surface area contributed by atoms with E-state index in [2.05, 4.69) is 20.9 Å². The van der Waals surface area contributed by atoms with E-state index in [9.17, 15) is 9.90 Å². The van der Waals surface area contributed by atoms with Gasteiger partial charge >= 0.3 is 0 Å². The molecule has 0 aromatic carbocycles. The first-order valence-electron chi connectivity index (χ1n) is 2.81. The van der Waals surface area contributed by atoms with Gasteiger partial charge in [-0.3, -0.25) is 4.79 Å². The van der Waals surface area contributed by atoms with Crippen LogP contribution < -0.4 is 5.56 Å². The smallest absolute Gasteiger partial charge is 0.267 e. The van der Waals surface area contributed by atoms with Crippen LogP contribution in [0.25, 0.3) is 0 Å². The van der Waals surface area contributed by atoms with Crippen molar-refractivity contribution in [3.05, 3.63) is 25.5 Å². The van der Waals surface area contributed by atoms with Crippen molar-refractivity contribution in [2.45, 2.75) is 6.92 Å². The molecule has 0 atom stereocenters. The average Bonchev–Trinajstić information content (AvgIpc) is 1.97. The standard InChI is InChI=1S/C6H5BrClNO2/c1-2-4(10)3(7)6(11)9-5(2)8/h1H3,(H2,9,10,11). The molecule has 0 saturated heterocycles. The van der Waals surface area contributed by atoms with Crippen LogP contribution in [0.5, 0.6) is 5.75 Å². The van der Waals surface area contributed by atoms with Gasteiger partial charge in [0.15, 0.2) is 0 Å². The van der Waals surface area contributed by atoms with Crippen LogP contribution in [0.3, 0.4) is 0 Å². The number of rotatable bonds is 0. The Labute approximate surface area is 76.1 Å². The molecule has 5 heteroatoms. The molecule has 0 aliphatic rings. The topological polar surface area (TPSA) is 53.1 Å². The van der Waals surface area contributed by atoms with E-state index in [1.807, 2.05) is 0 Å². The first-order chi connectivity index (χ1) is 5.04. The van der Waals surface area contributed by atoms with Crippen LogP contribution >= 0.6 is 27.5 Å². The summed E-state index contributed by atoms with van der Waals surface area (Å²) in [5.41, 5.74) is 0.0243. The van der Waals surface area contributed by atoms with Gasteiger partial charge in [-0.05, 0) is 22.9 Å². The molecule has 0 fully saturated rings. The van der Waals surface area contributed by atoms with E-state index in [-0.39, 0.29) is 15.4 Å². The lowest BCUT2D eigenvalue weighted by atomic mass is 10.3. The first kappa shape index (κ1) is 8.62. The molecule has 0 aliphatic carbocycles. The Balaban J connectivity index is 3.59. The second-order valence-corrected chi connectivity index (χ2v) is 3.23. The van der Waals surface area contributed by atoms with E-state index >= 15 is 0 Å². The molecule has 3 nitrogen and oxygen atoms in total. The zero-order chi connectivity index (χ0) is 8.59. The number of hydrogen-bond acceptors (Lipinski definition) is 2. The fourth-order valence-electron chi connectivity index (χ4n) is 0.624. The lowest BCUT2D eigenvalue weighted by molar-refractivity contribution is 0.465. The molecule has 1 heterocycles. The van der Waals surface area contributed by atoms with E-state index in [1.54, 1.807) is 6.92 Å². The van der Waals surface area contributed by atoms with Crippen molar-refractivity contribution >= 4 is 27.5 Å². The van der Waals surface area contributed by atoms with Crippen LogP contribution in [0, 0.1) is 6.92 Å². The minimum Gasteiger partial charge on any atom is -0.506 e. The quantitative estimate of drug-likeness (QED) is 0.677. The molecule has 0 unspecified atom stereocenters. The molecule has 0 saturated carbocycles. The first-order valence-corrected chi connectivity index (χ1v) is 3.98. The van der Waals surface area contributed by atoms with Crippen molar-refractivity contribution in [2.24, 2.45) is 0 Å². The Bertz CT molecular complexity index is 347. The fourth-order valence-corrected chi connectivity index (χ4v) is 1.20. The Kier molecular flexibility index (Phi) is 2.25. The van der Waals surface area contributed by atoms with Gasteiger partial charge in [-0.25, -0.2) is 0 Å². The van der Waals surface area contributed by atoms with Gasteiger partial charge in [0.2, 0.25) is 0 Å². The lowest BCUT2D eigenvalue weighted by Gasteiger charge is -2.01. The Morgan fingerprint density at radius 3 is 2.73 bits per heavy atom. The number of pyridine rings is 1. The molecule has 2 N–H and O–H groups in total. The third kappa shape index (κ3) is 1.41. The molecule has 1 rings (SSSR count). The largest absolute Gasteiger partial charge is 0.506 e. The third-order valence-corrected chi connectivity index (χ3v) is 2.43. The molecule has 0 radical (unpaired) electrons. The molecule has 0 spiro atoms. The predicted octanol–water partition coefficient (Wildman–Crippen LogP) is 1.80. The van der Waals surface area contributed by atoms with Crippen molar-refractivity contribution in [2.75, 3.05) is 0 Å². The number of H-pyrrole nitrogens is 1. The van der Waals surface area contributed by atoms with Gasteiger partial charge in [-0.1, -0.05) is 11.6 Å². The van der Waals surface area contributed by atoms with Gasteiger partial charge in [-0.2, -0.15) is 0 Å². The molecular weight excluding hydrogens is 233 g/mol. The molecular formula is C6H5BrClNO2. The molecule has 1 aromatic heterocycles. The Morgan fingerprint density at radius 1 is 1.64 bits per heavy atom. The van der Waals surface area contributed by atoms with Gasteiger partial charge in [0.05, 0.1) is 0 Å². The Hall–Kier alpha value is -0.480. The normalized spacial score (nSPS) is 10.1. The molecule has 1 aromatic rings. The Morgan fingerprint density at radius 2 is 2.18 bits per heavy atom. The van der Waals surface area contributed by atoms with E-state index in [4.69, 9.17) is 11.6 Å². The SMILES string of the molecule is Cc1c(Cl)[nH]c(=O)c(Br)c1O. The summed E-state index contributed by atoms with van der Waals surface area (Å²) in [7, 11) is 0. The number of nitrogens with one attached hydrogen (secondary N) is 1. The molecule has 60 valence electrons. The number of hydrogen-bond donors (Lipinski definition) is 2. The second kappa shape index (κ2) is 2.87. The van der Waals surface area contributed by atoms with Crippen LogP contribution in [-0.2, 0) is 0 Å². The summed E-state index contributed by atoms with van der Waals surface area (Å²) in [6, 6.07) is 0. The summed E-state index contributed by atoms with van der Waals surface area (Å²) >= 11 is 8.47. The van der Waals surface area contributed by atoms with Crippen molar-refractivity contribution in [3.63, 3.8) is 0 Å².